The van der Waals surface area contributed by atoms with Crippen LogP contribution in [0.2, 0.25) is 0 Å². The number of carbonyl (C=O) groups excluding carboxylic acids is 1. The van der Waals surface area contributed by atoms with Crippen LogP contribution in [0.4, 0.5) is 0 Å². The lowest BCUT2D eigenvalue weighted by atomic mass is 9.95. The quantitative estimate of drug-likeness (QED) is 0.439. The van der Waals surface area contributed by atoms with Gasteiger partial charge in [-0.15, -0.1) is 0 Å². The third-order valence-corrected chi connectivity index (χ3v) is 4.32. The molecule has 124 valence electrons. The Morgan fingerprint density at radius 3 is 2.62 bits per heavy atom. The summed E-state index contributed by atoms with van der Waals surface area (Å²) in [6.45, 7) is 5.67. The summed E-state index contributed by atoms with van der Waals surface area (Å²) in [6, 6.07) is 0. The highest BCUT2D eigenvalue weighted by molar-refractivity contribution is 5.80. The van der Waals surface area contributed by atoms with Crippen molar-refractivity contribution in [3.05, 3.63) is 0 Å². The molecule has 1 saturated carbocycles. The topological polar surface area (TPSA) is 50.8 Å². The summed E-state index contributed by atoms with van der Waals surface area (Å²) in [5.41, 5.74) is -0.569. The van der Waals surface area contributed by atoms with Crippen LogP contribution in [0.5, 0.6) is 0 Å². The summed E-state index contributed by atoms with van der Waals surface area (Å²) in [7, 11) is 5.37. The van der Waals surface area contributed by atoms with Crippen molar-refractivity contribution < 1.29 is 14.3 Å². The van der Waals surface area contributed by atoms with Gasteiger partial charge in [0.15, 0.2) is 0 Å². The average molecular weight is 300 g/mol. The molecule has 1 unspecified atom stereocenters. The number of hydrogen-bond donors (Lipinski definition) is 1. The molecule has 5 heteroatoms. The van der Waals surface area contributed by atoms with Crippen LogP contribution in [0.15, 0.2) is 0 Å². The van der Waals surface area contributed by atoms with Crippen molar-refractivity contribution in [3.63, 3.8) is 0 Å². The Morgan fingerprint density at radius 2 is 2.05 bits per heavy atom. The zero-order valence-corrected chi connectivity index (χ0v) is 14.1. The summed E-state index contributed by atoms with van der Waals surface area (Å²) in [5, 5.41) is 3.07. The minimum Gasteiger partial charge on any atom is -0.468 e. The molecule has 0 radical (unpaired) electrons. The summed E-state index contributed by atoms with van der Waals surface area (Å²) in [6.07, 6.45) is 5.57. The fourth-order valence-corrected chi connectivity index (χ4v) is 2.28. The predicted octanol–water partition coefficient (Wildman–Crippen LogP) is 1.67. The minimum atomic E-state index is -0.569. The lowest BCUT2D eigenvalue weighted by molar-refractivity contribution is -0.148. The van der Waals surface area contributed by atoms with Crippen LogP contribution in [0.25, 0.3) is 0 Å². The van der Waals surface area contributed by atoms with Gasteiger partial charge < -0.3 is 19.7 Å². The zero-order valence-electron chi connectivity index (χ0n) is 14.1. The van der Waals surface area contributed by atoms with E-state index in [0.717, 1.165) is 51.5 Å². The molecule has 0 aromatic heterocycles. The third kappa shape index (κ3) is 7.25. The molecule has 0 aromatic rings. The fraction of sp³-hybridized carbons (Fsp3) is 0.938. The maximum absolute atomic E-state index is 11.7. The van der Waals surface area contributed by atoms with Crippen LogP contribution >= 0.6 is 0 Å². The zero-order chi connectivity index (χ0) is 15.7. The number of unbranched alkanes of at least 4 members (excludes halogenated alkanes) is 1. The first-order valence-electron chi connectivity index (χ1n) is 8.05. The van der Waals surface area contributed by atoms with Crippen molar-refractivity contribution in [1.82, 2.24) is 10.2 Å². The number of nitrogens with one attached hydrogen (secondary N) is 1. The standard InChI is InChI=1S/C16H32N2O3/c1-16(17-2,15(19)20-4)9-5-6-10-18(3)11-12-21-13-14-7-8-14/h14,17H,5-13H2,1-4H3. The number of rotatable bonds is 12. The predicted molar refractivity (Wildman–Crippen MR) is 84.4 cm³/mol. The molecule has 1 atom stereocenters. The third-order valence-electron chi connectivity index (χ3n) is 4.32. The van der Waals surface area contributed by atoms with Crippen LogP contribution in [0.3, 0.4) is 0 Å². The lowest BCUT2D eigenvalue weighted by Gasteiger charge is -2.26. The van der Waals surface area contributed by atoms with Crippen LogP contribution in [-0.2, 0) is 14.3 Å². The van der Waals surface area contributed by atoms with E-state index in [-0.39, 0.29) is 5.97 Å². The monoisotopic (exact) mass is 300 g/mol. The second-order valence-electron chi connectivity index (χ2n) is 6.35. The van der Waals surface area contributed by atoms with Gasteiger partial charge >= 0.3 is 5.97 Å². The molecule has 1 aliphatic carbocycles. The Bertz CT molecular complexity index is 308. The second kappa shape index (κ2) is 9.38. The molecule has 0 spiro atoms. The smallest absolute Gasteiger partial charge is 0.325 e. The Balaban J connectivity index is 2.04. The maximum Gasteiger partial charge on any atom is 0.325 e. The van der Waals surface area contributed by atoms with Crippen molar-refractivity contribution in [3.8, 4) is 0 Å². The van der Waals surface area contributed by atoms with Gasteiger partial charge in [-0.1, -0.05) is 0 Å². The molecule has 0 aliphatic heterocycles. The molecule has 1 fully saturated rings. The number of methoxy groups -OCH3 is 1. The van der Waals surface area contributed by atoms with E-state index in [4.69, 9.17) is 9.47 Å². The Morgan fingerprint density at radius 1 is 1.33 bits per heavy atom. The van der Waals surface area contributed by atoms with Crippen LogP contribution < -0.4 is 5.32 Å². The van der Waals surface area contributed by atoms with Crippen molar-refractivity contribution in [2.45, 2.75) is 44.6 Å². The van der Waals surface area contributed by atoms with Gasteiger partial charge in [0.1, 0.15) is 5.54 Å². The van der Waals surface area contributed by atoms with Gasteiger partial charge in [0.25, 0.3) is 0 Å². The van der Waals surface area contributed by atoms with E-state index in [1.165, 1.54) is 20.0 Å². The number of carbonyl (C=O) groups is 1. The van der Waals surface area contributed by atoms with Gasteiger partial charge in [-0.3, -0.25) is 4.79 Å². The average Bonchev–Trinajstić information content (AvgIpc) is 3.31. The van der Waals surface area contributed by atoms with E-state index >= 15 is 0 Å². The van der Waals surface area contributed by atoms with E-state index in [1.54, 1.807) is 7.05 Å². The Kier molecular flexibility index (Phi) is 8.22. The van der Waals surface area contributed by atoms with E-state index in [9.17, 15) is 4.79 Å². The van der Waals surface area contributed by atoms with Crippen LogP contribution in [0.1, 0.15) is 39.0 Å². The highest BCUT2D eigenvalue weighted by Gasteiger charge is 2.31. The maximum atomic E-state index is 11.7. The van der Waals surface area contributed by atoms with Crippen molar-refractivity contribution in [2.24, 2.45) is 5.92 Å². The first-order valence-corrected chi connectivity index (χ1v) is 8.05. The Labute approximate surface area is 129 Å². The normalized spacial score (nSPS) is 17.8. The largest absolute Gasteiger partial charge is 0.468 e. The van der Waals surface area contributed by atoms with E-state index in [0.29, 0.717) is 0 Å². The Hall–Kier alpha value is -0.650. The van der Waals surface area contributed by atoms with Gasteiger partial charge in [0.2, 0.25) is 0 Å². The highest BCUT2D eigenvalue weighted by atomic mass is 16.5. The molecule has 0 bridgehead atoms. The minimum absolute atomic E-state index is 0.188. The fourth-order valence-electron chi connectivity index (χ4n) is 2.28. The van der Waals surface area contributed by atoms with Crippen molar-refractivity contribution >= 4 is 5.97 Å². The van der Waals surface area contributed by atoms with Gasteiger partial charge in [-0.05, 0) is 65.6 Å². The molecule has 21 heavy (non-hydrogen) atoms. The van der Waals surface area contributed by atoms with Crippen molar-refractivity contribution in [2.75, 3.05) is 47.5 Å². The number of ether oxygens (including phenoxy) is 2. The number of likely N-dealkylation sites (N-methyl/N-ethyl adjacent to an activating group) is 2. The summed E-state index contributed by atoms with van der Waals surface area (Å²) < 4.78 is 10.5. The molecule has 0 aromatic carbocycles. The van der Waals surface area contributed by atoms with E-state index in [2.05, 4.69) is 17.3 Å². The van der Waals surface area contributed by atoms with Gasteiger partial charge in [-0.25, -0.2) is 0 Å². The van der Waals surface area contributed by atoms with Gasteiger partial charge in [0, 0.05) is 13.2 Å². The van der Waals surface area contributed by atoms with Crippen LogP contribution in [0, 0.1) is 5.92 Å². The second-order valence-corrected chi connectivity index (χ2v) is 6.35. The molecule has 0 amide bonds. The molecular weight excluding hydrogens is 268 g/mol. The molecule has 0 saturated heterocycles. The van der Waals surface area contributed by atoms with Crippen molar-refractivity contribution in [1.29, 1.82) is 0 Å². The summed E-state index contributed by atoms with van der Waals surface area (Å²) >= 11 is 0. The number of hydrogen-bond acceptors (Lipinski definition) is 5. The van der Waals surface area contributed by atoms with Gasteiger partial charge in [-0.2, -0.15) is 0 Å². The first kappa shape index (κ1) is 18.4. The highest BCUT2D eigenvalue weighted by Crippen LogP contribution is 2.28. The molecule has 5 nitrogen and oxygen atoms in total. The number of nitrogens with zero attached hydrogens (tertiary/aromatic N) is 1. The van der Waals surface area contributed by atoms with E-state index < -0.39 is 5.54 Å². The van der Waals surface area contributed by atoms with E-state index in [1.807, 2.05) is 6.92 Å². The SMILES string of the molecule is CNC(C)(CCCCN(C)CCOCC1CC1)C(=O)OC. The first-order chi connectivity index (χ1) is 10.0. The molecule has 1 rings (SSSR count). The summed E-state index contributed by atoms with van der Waals surface area (Å²) in [5.74, 6) is 0.652. The molecule has 0 heterocycles. The van der Waals surface area contributed by atoms with Crippen LogP contribution in [-0.4, -0.2) is 63.9 Å². The molecular formula is C16H32N2O3. The molecule has 1 aliphatic rings. The molecule has 1 N–H and O–H groups in total. The summed E-state index contributed by atoms with van der Waals surface area (Å²) in [4.78, 5) is 14.0. The van der Waals surface area contributed by atoms with Gasteiger partial charge in [0.05, 0.1) is 13.7 Å². The lowest BCUT2D eigenvalue weighted by Crippen LogP contribution is -2.48. The number of esters is 1.